The van der Waals surface area contributed by atoms with Crippen LogP contribution in [0, 0.1) is 0 Å². The van der Waals surface area contributed by atoms with Crippen molar-refractivity contribution in [2.75, 3.05) is 37.9 Å². The Morgan fingerprint density at radius 1 is 1.39 bits per heavy atom. The van der Waals surface area contributed by atoms with Gasteiger partial charge in [0.25, 0.3) is 0 Å². The summed E-state index contributed by atoms with van der Waals surface area (Å²) in [5.41, 5.74) is 0.897. The van der Waals surface area contributed by atoms with Crippen molar-refractivity contribution >= 4 is 23.4 Å². The van der Waals surface area contributed by atoms with Crippen LogP contribution in [0.1, 0.15) is 13.3 Å². The molecule has 9 heteroatoms. The molecule has 2 aliphatic heterocycles. The number of cyclic esters (lactones) is 1. The molecule has 2 aliphatic rings. The van der Waals surface area contributed by atoms with Gasteiger partial charge in [-0.2, -0.15) is 0 Å². The number of amides is 1. The molecular formula is C22H27ClF2N4O2. The van der Waals surface area contributed by atoms with E-state index in [2.05, 4.69) is 15.5 Å². The van der Waals surface area contributed by atoms with E-state index in [0.29, 0.717) is 29.4 Å². The Labute approximate surface area is 186 Å². The van der Waals surface area contributed by atoms with E-state index < -0.39 is 30.7 Å². The summed E-state index contributed by atoms with van der Waals surface area (Å²) in [7, 11) is 0. The number of hydrogen-bond donors (Lipinski definition) is 2. The lowest BCUT2D eigenvalue weighted by Crippen LogP contribution is -2.42. The highest BCUT2D eigenvalue weighted by molar-refractivity contribution is 6.30. The summed E-state index contributed by atoms with van der Waals surface area (Å²) in [5, 5.41) is 6.94. The average Bonchev–Trinajstić information content (AvgIpc) is 3.35. The summed E-state index contributed by atoms with van der Waals surface area (Å²) in [6.45, 7) is 3.26. The van der Waals surface area contributed by atoms with Crippen LogP contribution in [0.5, 0.6) is 0 Å². The van der Waals surface area contributed by atoms with Crippen molar-refractivity contribution in [2.24, 2.45) is 0 Å². The van der Waals surface area contributed by atoms with E-state index in [1.807, 2.05) is 12.4 Å². The van der Waals surface area contributed by atoms with Gasteiger partial charge in [-0.3, -0.25) is 4.90 Å². The highest BCUT2D eigenvalue weighted by Gasteiger charge is 2.44. The zero-order chi connectivity index (χ0) is 22.2. The lowest BCUT2D eigenvalue weighted by molar-refractivity contribution is 0.134. The van der Waals surface area contributed by atoms with Gasteiger partial charge < -0.3 is 20.3 Å². The molecule has 6 nitrogen and oxygen atoms in total. The molecule has 1 aromatic rings. The first-order chi connectivity index (χ1) is 15.0. The maximum absolute atomic E-state index is 13.7. The van der Waals surface area contributed by atoms with E-state index in [1.54, 1.807) is 24.3 Å². The van der Waals surface area contributed by atoms with E-state index in [-0.39, 0.29) is 0 Å². The maximum Gasteiger partial charge on any atom is 0.415 e. The molecule has 0 radical (unpaired) electrons. The molecule has 0 aliphatic carbocycles. The Morgan fingerprint density at radius 2 is 2.16 bits per heavy atom. The van der Waals surface area contributed by atoms with Gasteiger partial charge in [0.2, 0.25) is 0 Å². The van der Waals surface area contributed by atoms with Gasteiger partial charge in [0.1, 0.15) is 18.8 Å². The molecule has 2 N–H and O–H groups in total. The first-order valence-corrected chi connectivity index (χ1v) is 10.6. The molecule has 2 atom stereocenters. The Bertz CT molecular complexity index is 840. The number of carbonyl (C=O) groups excluding carboxylic acids is 1. The number of ether oxygens (including phenoxy) is 1. The Kier molecular flexibility index (Phi) is 8.31. The number of hydrogen-bond acceptors (Lipinski definition) is 5. The predicted molar refractivity (Wildman–Crippen MR) is 118 cm³/mol. The van der Waals surface area contributed by atoms with E-state index in [0.717, 1.165) is 19.6 Å². The molecule has 168 valence electrons. The lowest BCUT2D eigenvalue weighted by Gasteiger charge is -2.26. The summed E-state index contributed by atoms with van der Waals surface area (Å²) >= 11 is 5.97. The molecule has 0 saturated carbocycles. The van der Waals surface area contributed by atoms with E-state index in [4.69, 9.17) is 16.3 Å². The first-order valence-electron chi connectivity index (χ1n) is 10.2. The third-order valence-electron chi connectivity index (χ3n) is 5.05. The van der Waals surface area contributed by atoms with Crippen LogP contribution >= 0.6 is 11.6 Å². The zero-order valence-electron chi connectivity index (χ0n) is 17.4. The number of nitrogens with one attached hydrogen (secondary N) is 2. The smallest absolute Gasteiger partial charge is 0.415 e. The third kappa shape index (κ3) is 6.21. The van der Waals surface area contributed by atoms with Crippen LogP contribution in [0.3, 0.4) is 0 Å². The van der Waals surface area contributed by atoms with Crippen molar-refractivity contribution in [3.63, 3.8) is 0 Å². The fraction of sp³-hybridized carbons (Fsp3) is 0.409. The molecule has 0 unspecified atom stereocenters. The molecule has 1 saturated heterocycles. The summed E-state index contributed by atoms with van der Waals surface area (Å²) < 4.78 is 32.6. The topological polar surface area (TPSA) is 56.8 Å². The van der Waals surface area contributed by atoms with Crippen LogP contribution in [0.15, 0.2) is 60.2 Å². The van der Waals surface area contributed by atoms with Crippen molar-refractivity contribution in [3.8, 4) is 0 Å². The van der Waals surface area contributed by atoms with Gasteiger partial charge in [-0.15, -0.1) is 0 Å². The molecule has 1 fully saturated rings. The lowest BCUT2D eigenvalue weighted by atomic mass is 9.98. The number of anilines is 1. The van der Waals surface area contributed by atoms with Crippen LogP contribution in [0.2, 0.25) is 5.02 Å². The number of carbonyl (C=O) groups is 1. The number of halogens is 3. The maximum atomic E-state index is 13.7. The number of allylic oxidation sites excluding steroid dienone is 2. The molecule has 3 rings (SSSR count). The summed E-state index contributed by atoms with van der Waals surface area (Å²) in [6.07, 6.45) is 6.15. The Hall–Kier alpha value is -2.58. The number of nitrogens with zero attached hydrogens (tertiary/aromatic N) is 2. The van der Waals surface area contributed by atoms with Gasteiger partial charge in [-0.1, -0.05) is 11.6 Å². The Morgan fingerprint density at radius 3 is 2.81 bits per heavy atom. The molecule has 1 aromatic carbocycles. The number of alkyl halides is 1. The fourth-order valence-corrected chi connectivity index (χ4v) is 3.81. The van der Waals surface area contributed by atoms with Crippen molar-refractivity contribution in [2.45, 2.75) is 25.5 Å². The second kappa shape index (κ2) is 11.2. The summed E-state index contributed by atoms with van der Waals surface area (Å²) in [6, 6.07) is 6.01. The highest BCUT2D eigenvalue weighted by atomic mass is 35.5. The third-order valence-corrected chi connectivity index (χ3v) is 5.30. The molecule has 0 aromatic heterocycles. The Balaban J connectivity index is 1.73. The molecule has 2 heterocycles. The van der Waals surface area contributed by atoms with Crippen LogP contribution in [0.25, 0.3) is 0 Å². The highest BCUT2D eigenvalue weighted by Crippen LogP contribution is 2.32. The normalized spacial score (nSPS) is 21.6. The summed E-state index contributed by atoms with van der Waals surface area (Å²) in [4.78, 5) is 16.3. The monoisotopic (exact) mass is 452 g/mol. The molecule has 31 heavy (non-hydrogen) atoms. The van der Waals surface area contributed by atoms with Crippen LogP contribution in [-0.4, -0.2) is 56.1 Å². The van der Waals surface area contributed by atoms with Gasteiger partial charge in [0, 0.05) is 36.2 Å². The van der Waals surface area contributed by atoms with Crippen molar-refractivity contribution < 1.29 is 18.3 Å². The largest absolute Gasteiger partial charge is 0.442 e. The van der Waals surface area contributed by atoms with E-state index in [9.17, 15) is 13.6 Å². The van der Waals surface area contributed by atoms with Crippen molar-refractivity contribution in [1.29, 1.82) is 0 Å². The molecule has 0 bridgehead atoms. The predicted octanol–water partition coefficient (Wildman–Crippen LogP) is 4.12. The number of benzene rings is 1. The van der Waals surface area contributed by atoms with Gasteiger partial charge in [0.15, 0.2) is 0 Å². The second-order valence-electron chi connectivity index (χ2n) is 7.35. The van der Waals surface area contributed by atoms with E-state index >= 15 is 0 Å². The van der Waals surface area contributed by atoms with Crippen LogP contribution < -0.4 is 15.5 Å². The van der Waals surface area contributed by atoms with Gasteiger partial charge >= 0.3 is 6.09 Å². The molecular weight excluding hydrogens is 426 g/mol. The van der Waals surface area contributed by atoms with Crippen LogP contribution in [-0.2, 0) is 4.74 Å². The van der Waals surface area contributed by atoms with Crippen molar-refractivity contribution in [3.05, 3.63) is 65.2 Å². The van der Waals surface area contributed by atoms with E-state index in [1.165, 1.54) is 24.0 Å². The number of rotatable bonds is 10. The zero-order valence-corrected chi connectivity index (χ0v) is 18.1. The summed E-state index contributed by atoms with van der Waals surface area (Å²) in [5.74, 6) is -0.478. The van der Waals surface area contributed by atoms with Gasteiger partial charge in [-0.25, -0.2) is 13.6 Å². The standard InChI is InChI=1S/C22H27ClF2N4O2/c1-16(25)13-17(7-8-24)21-20(14-26-9-2-11-28-12-10-27-15-28)31-22(30)29(21)19-5-3-18(23)4-6-19/h3-7,10,12-13,20-21,26-27H,2,8-9,11,14-15H2,1H3/b16-13+,17-7+/t20-,21-/m0/s1. The van der Waals surface area contributed by atoms with Gasteiger partial charge in [-0.05, 0) is 61.9 Å². The first kappa shape index (κ1) is 23.1. The minimum absolute atomic E-state index is 0.350. The SMILES string of the molecule is C/C(F)=C\C(=C/CF)[C@H]1[C@H](CNCCCN2C=CNC2)OC(=O)N1c1ccc(Cl)cc1. The van der Waals surface area contributed by atoms with Crippen LogP contribution in [0.4, 0.5) is 19.3 Å². The minimum Gasteiger partial charge on any atom is -0.442 e. The second-order valence-corrected chi connectivity index (χ2v) is 7.79. The molecule has 1 amide bonds. The average molecular weight is 453 g/mol. The minimum atomic E-state index is -0.782. The molecule has 0 spiro atoms. The van der Waals surface area contributed by atoms with Crippen molar-refractivity contribution in [1.82, 2.24) is 15.5 Å². The quantitative estimate of drug-likeness (QED) is 0.413. The van der Waals surface area contributed by atoms with Gasteiger partial charge in [0.05, 0.1) is 12.5 Å². The fourth-order valence-electron chi connectivity index (χ4n) is 3.68.